The first-order valence-corrected chi connectivity index (χ1v) is 8.91. The van der Waals surface area contributed by atoms with Crippen molar-refractivity contribution < 1.29 is 13.2 Å². The lowest BCUT2D eigenvalue weighted by Crippen LogP contribution is -2.29. The molecular weight excluding hydrogens is 328 g/mol. The SMILES string of the molecule is CS(=O)(=O)NC(=O)c1cc(-c2cccnc2)n(-c2ccccc2)n1. The Kier molecular flexibility index (Phi) is 4.13. The van der Waals surface area contributed by atoms with Gasteiger partial charge in [0.25, 0.3) is 5.91 Å². The second kappa shape index (κ2) is 6.25. The Morgan fingerprint density at radius 1 is 1.12 bits per heavy atom. The number of pyridine rings is 1. The molecule has 0 aliphatic carbocycles. The molecule has 1 amide bonds. The van der Waals surface area contributed by atoms with Crippen molar-refractivity contribution in [3.8, 4) is 16.9 Å². The van der Waals surface area contributed by atoms with Crippen LogP contribution in [-0.2, 0) is 10.0 Å². The first kappa shape index (κ1) is 15.9. The van der Waals surface area contributed by atoms with Gasteiger partial charge in [-0.05, 0) is 30.3 Å². The lowest BCUT2D eigenvalue weighted by atomic mass is 10.2. The molecular formula is C16H14N4O3S. The predicted molar refractivity (Wildman–Crippen MR) is 89.1 cm³/mol. The molecule has 3 aromatic rings. The Morgan fingerprint density at radius 2 is 1.88 bits per heavy atom. The van der Waals surface area contributed by atoms with E-state index in [1.165, 1.54) is 6.07 Å². The zero-order valence-electron chi connectivity index (χ0n) is 12.7. The molecule has 0 radical (unpaired) electrons. The lowest BCUT2D eigenvalue weighted by Gasteiger charge is -2.06. The number of rotatable bonds is 4. The van der Waals surface area contributed by atoms with E-state index >= 15 is 0 Å². The number of carbonyl (C=O) groups is 1. The molecule has 1 aromatic carbocycles. The summed E-state index contributed by atoms with van der Waals surface area (Å²) < 4.78 is 26.0. The van der Waals surface area contributed by atoms with Crippen LogP contribution < -0.4 is 4.72 Å². The highest BCUT2D eigenvalue weighted by Crippen LogP contribution is 2.23. The van der Waals surface area contributed by atoms with Crippen LogP contribution in [0, 0.1) is 0 Å². The van der Waals surface area contributed by atoms with E-state index in [-0.39, 0.29) is 5.69 Å². The summed E-state index contributed by atoms with van der Waals surface area (Å²) in [4.78, 5) is 16.2. The van der Waals surface area contributed by atoms with Crippen LogP contribution in [0.15, 0.2) is 60.9 Å². The molecule has 24 heavy (non-hydrogen) atoms. The van der Waals surface area contributed by atoms with Crippen LogP contribution >= 0.6 is 0 Å². The predicted octanol–water partition coefficient (Wildman–Crippen LogP) is 1.62. The van der Waals surface area contributed by atoms with Crippen LogP contribution in [0.25, 0.3) is 16.9 Å². The number of benzene rings is 1. The number of hydrogen-bond acceptors (Lipinski definition) is 5. The summed E-state index contributed by atoms with van der Waals surface area (Å²) in [5.74, 6) is -0.780. The highest BCUT2D eigenvalue weighted by atomic mass is 32.2. The maximum atomic E-state index is 12.1. The van der Waals surface area contributed by atoms with Gasteiger partial charge in [-0.1, -0.05) is 18.2 Å². The van der Waals surface area contributed by atoms with E-state index in [9.17, 15) is 13.2 Å². The number of carbonyl (C=O) groups excluding carboxylic acids is 1. The molecule has 0 aliphatic rings. The molecule has 7 nitrogen and oxygen atoms in total. The summed E-state index contributed by atoms with van der Waals surface area (Å²) >= 11 is 0. The zero-order valence-corrected chi connectivity index (χ0v) is 13.6. The van der Waals surface area contributed by atoms with Gasteiger partial charge in [0.1, 0.15) is 0 Å². The van der Waals surface area contributed by atoms with E-state index < -0.39 is 15.9 Å². The Bertz CT molecular complexity index is 910. The molecule has 8 heteroatoms. The van der Waals surface area contributed by atoms with Crippen molar-refractivity contribution >= 4 is 15.9 Å². The number of sulfonamides is 1. The van der Waals surface area contributed by atoms with Crippen LogP contribution in [-0.4, -0.2) is 35.3 Å². The third-order valence-corrected chi connectivity index (χ3v) is 3.73. The summed E-state index contributed by atoms with van der Waals surface area (Å²) in [6.07, 6.45) is 4.21. The standard InChI is InChI=1S/C16H14N4O3S/c1-24(22,23)19-16(21)14-10-15(12-6-5-9-17-11-12)20(18-14)13-7-3-2-4-8-13/h2-11H,1H3,(H,19,21). The quantitative estimate of drug-likeness (QED) is 0.777. The van der Waals surface area contributed by atoms with Gasteiger partial charge in [-0.25, -0.2) is 17.8 Å². The number of para-hydroxylation sites is 1. The average molecular weight is 342 g/mol. The van der Waals surface area contributed by atoms with Gasteiger partial charge in [0.2, 0.25) is 10.0 Å². The second-order valence-corrected chi connectivity index (χ2v) is 6.86. The van der Waals surface area contributed by atoms with Crippen molar-refractivity contribution in [2.75, 3.05) is 6.26 Å². The monoisotopic (exact) mass is 342 g/mol. The molecule has 3 rings (SSSR count). The molecule has 1 N–H and O–H groups in total. The van der Waals surface area contributed by atoms with Crippen LogP contribution in [0.2, 0.25) is 0 Å². The number of amides is 1. The molecule has 0 saturated carbocycles. The normalized spacial score (nSPS) is 11.2. The van der Waals surface area contributed by atoms with E-state index in [1.54, 1.807) is 23.1 Å². The van der Waals surface area contributed by atoms with Gasteiger partial charge in [-0.3, -0.25) is 9.78 Å². The van der Waals surface area contributed by atoms with Gasteiger partial charge in [0.15, 0.2) is 5.69 Å². The van der Waals surface area contributed by atoms with Crippen molar-refractivity contribution in [1.82, 2.24) is 19.5 Å². The van der Waals surface area contributed by atoms with Gasteiger partial charge in [-0.15, -0.1) is 0 Å². The van der Waals surface area contributed by atoms with Crippen molar-refractivity contribution in [1.29, 1.82) is 0 Å². The second-order valence-electron chi connectivity index (χ2n) is 5.11. The average Bonchev–Trinajstić information content (AvgIpc) is 3.00. The third kappa shape index (κ3) is 3.49. The topological polar surface area (TPSA) is 94.0 Å². The minimum Gasteiger partial charge on any atom is -0.266 e. The number of nitrogens with one attached hydrogen (secondary N) is 1. The zero-order chi connectivity index (χ0) is 17.2. The van der Waals surface area contributed by atoms with Gasteiger partial charge in [0, 0.05) is 18.0 Å². The molecule has 122 valence electrons. The maximum Gasteiger partial charge on any atom is 0.285 e. The van der Waals surface area contributed by atoms with Gasteiger partial charge < -0.3 is 0 Å². The number of hydrogen-bond donors (Lipinski definition) is 1. The van der Waals surface area contributed by atoms with Crippen LogP contribution in [0.5, 0.6) is 0 Å². The smallest absolute Gasteiger partial charge is 0.266 e. The molecule has 2 aromatic heterocycles. The molecule has 0 bridgehead atoms. The van der Waals surface area contributed by atoms with E-state index in [0.717, 1.165) is 17.5 Å². The van der Waals surface area contributed by atoms with Crippen LogP contribution in [0.1, 0.15) is 10.5 Å². The van der Waals surface area contributed by atoms with Crippen molar-refractivity contribution in [3.05, 3.63) is 66.6 Å². The molecule has 2 heterocycles. The highest BCUT2D eigenvalue weighted by molar-refractivity contribution is 7.89. The fourth-order valence-electron chi connectivity index (χ4n) is 2.20. The summed E-state index contributed by atoms with van der Waals surface area (Å²) in [5, 5.41) is 4.25. The van der Waals surface area contributed by atoms with E-state index in [4.69, 9.17) is 0 Å². The Labute approximate surface area is 139 Å². The molecule has 0 spiro atoms. The fourth-order valence-corrected chi connectivity index (χ4v) is 2.64. The minimum atomic E-state index is -3.67. The minimum absolute atomic E-state index is 0.00290. The van der Waals surface area contributed by atoms with E-state index in [2.05, 4.69) is 10.1 Å². The molecule has 0 atom stereocenters. The van der Waals surface area contributed by atoms with Crippen molar-refractivity contribution in [2.45, 2.75) is 0 Å². The first-order chi connectivity index (χ1) is 11.4. The highest BCUT2D eigenvalue weighted by Gasteiger charge is 2.19. The van der Waals surface area contributed by atoms with Crippen LogP contribution in [0.3, 0.4) is 0 Å². The molecule has 0 aliphatic heterocycles. The largest absolute Gasteiger partial charge is 0.285 e. The summed E-state index contributed by atoms with van der Waals surface area (Å²) in [7, 11) is -3.67. The van der Waals surface area contributed by atoms with Crippen molar-refractivity contribution in [2.24, 2.45) is 0 Å². The third-order valence-electron chi connectivity index (χ3n) is 3.18. The number of nitrogens with zero attached hydrogens (tertiary/aromatic N) is 3. The Hall–Kier alpha value is -3.00. The fraction of sp³-hybridized carbons (Fsp3) is 0.0625. The summed E-state index contributed by atoms with van der Waals surface area (Å²) in [6, 6.07) is 14.4. The Balaban J connectivity index is 2.12. The first-order valence-electron chi connectivity index (χ1n) is 7.02. The summed E-state index contributed by atoms with van der Waals surface area (Å²) in [5.41, 5.74) is 2.14. The van der Waals surface area contributed by atoms with Gasteiger partial charge in [-0.2, -0.15) is 5.10 Å². The maximum absolute atomic E-state index is 12.1. The van der Waals surface area contributed by atoms with Crippen molar-refractivity contribution in [3.63, 3.8) is 0 Å². The van der Waals surface area contributed by atoms with E-state index in [1.807, 2.05) is 41.1 Å². The number of aromatic nitrogens is 3. The Morgan fingerprint density at radius 3 is 2.50 bits per heavy atom. The van der Waals surface area contributed by atoms with Gasteiger partial charge in [0.05, 0.1) is 17.6 Å². The van der Waals surface area contributed by atoms with E-state index in [0.29, 0.717) is 5.69 Å². The van der Waals surface area contributed by atoms with Gasteiger partial charge >= 0.3 is 0 Å². The van der Waals surface area contributed by atoms with Crippen LogP contribution in [0.4, 0.5) is 0 Å². The molecule has 0 unspecified atom stereocenters. The molecule has 0 fully saturated rings. The molecule has 0 saturated heterocycles. The lowest BCUT2D eigenvalue weighted by molar-refractivity contribution is 0.0976. The summed E-state index contributed by atoms with van der Waals surface area (Å²) in [6.45, 7) is 0.